The molecule has 0 amide bonds. The lowest BCUT2D eigenvalue weighted by Gasteiger charge is -2.10. The van der Waals surface area contributed by atoms with Crippen molar-refractivity contribution in [2.45, 2.75) is 6.54 Å². The summed E-state index contributed by atoms with van der Waals surface area (Å²) in [7, 11) is 0. The maximum atomic E-state index is 13.6. The second-order valence-corrected chi connectivity index (χ2v) is 4.92. The lowest BCUT2D eigenvalue weighted by molar-refractivity contribution is 0.612. The lowest BCUT2D eigenvalue weighted by Crippen LogP contribution is -2.04. The van der Waals surface area contributed by atoms with Crippen LogP contribution in [0.25, 0.3) is 0 Å². The third-order valence-corrected chi connectivity index (χ3v) is 3.15. The van der Waals surface area contributed by atoms with E-state index in [9.17, 15) is 4.39 Å². The second-order valence-electron chi connectivity index (χ2n) is 4.00. The Bertz CT molecular complexity index is 650. The van der Waals surface area contributed by atoms with Gasteiger partial charge in [0.05, 0.1) is 23.0 Å². The van der Waals surface area contributed by atoms with Gasteiger partial charge in [-0.2, -0.15) is 5.26 Å². The highest BCUT2D eigenvalue weighted by Crippen LogP contribution is 2.22. The first-order valence-corrected chi connectivity index (χ1v) is 6.37. The van der Waals surface area contributed by atoms with Crippen LogP contribution in [0, 0.1) is 17.1 Å². The van der Waals surface area contributed by atoms with Crippen molar-refractivity contribution in [3.63, 3.8) is 0 Å². The van der Waals surface area contributed by atoms with Gasteiger partial charge in [0, 0.05) is 16.6 Å². The SMILES string of the molecule is N#Cc1ccc(N)c(NCc2cc(Br)ccc2F)c1. The Morgan fingerprint density at radius 1 is 1.26 bits per heavy atom. The minimum Gasteiger partial charge on any atom is -0.397 e. The number of nitriles is 1. The van der Waals surface area contributed by atoms with Gasteiger partial charge in [-0.15, -0.1) is 0 Å². The van der Waals surface area contributed by atoms with E-state index in [0.717, 1.165) is 4.47 Å². The number of nitrogens with zero attached hydrogens (tertiary/aromatic N) is 1. The van der Waals surface area contributed by atoms with Crippen molar-refractivity contribution in [3.05, 3.63) is 57.8 Å². The molecule has 0 aliphatic heterocycles. The van der Waals surface area contributed by atoms with Gasteiger partial charge in [-0.05, 0) is 36.4 Å². The van der Waals surface area contributed by atoms with E-state index in [1.165, 1.54) is 6.07 Å². The van der Waals surface area contributed by atoms with E-state index in [2.05, 4.69) is 21.2 Å². The van der Waals surface area contributed by atoms with Gasteiger partial charge >= 0.3 is 0 Å². The molecule has 0 aromatic heterocycles. The van der Waals surface area contributed by atoms with Crippen LogP contribution in [-0.2, 0) is 6.54 Å². The lowest BCUT2D eigenvalue weighted by atomic mass is 10.1. The summed E-state index contributed by atoms with van der Waals surface area (Å²) in [6.45, 7) is 0.296. The summed E-state index contributed by atoms with van der Waals surface area (Å²) in [4.78, 5) is 0. The zero-order chi connectivity index (χ0) is 13.8. The summed E-state index contributed by atoms with van der Waals surface area (Å²) in [6.07, 6.45) is 0. The van der Waals surface area contributed by atoms with Crippen molar-refractivity contribution in [3.8, 4) is 6.07 Å². The molecule has 0 radical (unpaired) electrons. The molecule has 5 heteroatoms. The molecule has 2 rings (SSSR count). The van der Waals surface area contributed by atoms with Crippen molar-refractivity contribution in [1.29, 1.82) is 5.26 Å². The Kier molecular flexibility index (Phi) is 4.03. The Morgan fingerprint density at radius 2 is 2.05 bits per heavy atom. The van der Waals surface area contributed by atoms with E-state index in [4.69, 9.17) is 11.0 Å². The highest BCUT2D eigenvalue weighted by molar-refractivity contribution is 9.10. The van der Waals surface area contributed by atoms with Crippen LogP contribution in [0.3, 0.4) is 0 Å². The molecule has 3 N–H and O–H groups in total. The first-order valence-electron chi connectivity index (χ1n) is 5.57. The molecule has 0 aliphatic carbocycles. The molecule has 0 atom stereocenters. The molecular formula is C14H11BrFN3. The largest absolute Gasteiger partial charge is 0.397 e. The van der Waals surface area contributed by atoms with Crippen molar-refractivity contribution in [2.75, 3.05) is 11.1 Å². The smallest absolute Gasteiger partial charge is 0.128 e. The molecular weight excluding hydrogens is 309 g/mol. The van der Waals surface area contributed by atoms with Gasteiger partial charge in [0.1, 0.15) is 5.82 Å². The van der Waals surface area contributed by atoms with E-state index in [-0.39, 0.29) is 5.82 Å². The minimum atomic E-state index is -0.286. The Balaban J connectivity index is 2.19. The number of anilines is 2. The van der Waals surface area contributed by atoms with E-state index < -0.39 is 0 Å². The maximum absolute atomic E-state index is 13.6. The third-order valence-electron chi connectivity index (χ3n) is 2.66. The van der Waals surface area contributed by atoms with Crippen LogP contribution in [0.5, 0.6) is 0 Å². The number of hydrogen-bond donors (Lipinski definition) is 2. The van der Waals surface area contributed by atoms with Gasteiger partial charge in [0.2, 0.25) is 0 Å². The fraction of sp³-hybridized carbons (Fsp3) is 0.0714. The topological polar surface area (TPSA) is 61.8 Å². The standard InChI is InChI=1S/C14H11BrFN3/c15-11-2-3-12(16)10(6-11)8-19-14-5-9(7-17)1-4-13(14)18/h1-6,19H,8,18H2. The summed E-state index contributed by atoms with van der Waals surface area (Å²) >= 11 is 3.30. The zero-order valence-electron chi connectivity index (χ0n) is 9.95. The number of hydrogen-bond acceptors (Lipinski definition) is 3. The molecule has 0 saturated heterocycles. The van der Waals surface area contributed by atoms with E-state index in [1.54, 1.807) is 30.3 Å². The van der Waals surface area contributed by atoms with Crippen LogP contribution in [0.15, 0.2) is 40.9 Å². The van der Waals surface area contributed by atoms with Crippen molar-refractivity contribution >= 4 is 27.3 Å². The van der Waals surface area contributed by atoms with Gasteiger partial charge in [0.25, 0.3) is 0 Å². The molecule has 96 valence electrons. The van der Waals surface area contributed by atoms with Gasteiger partial charge in [0.15, 0.2) is 0 Å². The average Bonchev–Trinajstić information content (AvgIpc) is 2.41. The highest BCUT2D eigenvalue weighted by Gasteiger charge is 2.05. The van der Waals surface area contributed by atoms with E-state index >= 15 is 0 Å². The molecule has 3 nitrogen and oxygen atoms in total. The number of nitrogens with one attached hydrogen (secondary N) is 1. The Morgan fingerprint density at radius 3 is 2.79 bits per heavy atom. The summed E-state index contributed by atoms with van der Waals surface area (Å²) in [5.41, 5.74) is 7.98. The first-order chi connectivity index (χ1) is 9.10. The van der Waals surface area contributed by atoms with Crippen molar-refractivity contribution in [2.24, 2.45) is 0 Å². The molecule has 0 aliphatic rings. The summed E-state index contributed by atoms with van der Waals surface area (Å²) in [5, 5.41) is 11.9. The Labute approximate surface area is 119 Å². The van der Waals surface area contributed by atoms with Gasteiger partial charge in [-0.1, -0.05) is 15.9 Å². The van der Waals surface area contributed by atoms with E-state index in [1.807, 2.05) is 6.07 Å². The molecule has 0 fully saturated rings. The zero-order valence-corrected chi connectivity index (χ0v) is 11.5. The molecule has 0 unspecified atom stereocenters. The number of halogens is 2. The molecule has 19 heavy (non-hydrogen) atoms. The number of nitrogens with two attached hydrogens (primary N) is 1. The van der Waals surface area contributed by atoms with Crippen molar-refractivity contribution in [1.82, 2.24) is 0 Å². The first kappa shape index (κ1) is 13.4. The summed E-state index contributed by atoms with van der Waals surface area (Å²) in [5.74, 6) is -0.286. The van der Waals surface area contributed by atoms with Crippen LogP contribution < -0.4 is 11.1 Å². The third kappa shape index (κ3) is 3.24. The van der Waals surface area contributed by atoms with Crippen LogP contribution in [0.1, 0.15) is 11.1 Å². The van der Waals surface area contributed by atoms with Crippen LogP contribution in [0.2, 0.25) is 0 Å². The fourth-order valence-electron chi connectivity index (χ4n) is 1.65. The number of rotatable bonds is 3. The molecule has 2 aromatic rings. The number of benzene rings is 2. The predicted octanol–water partition coefficient (Wildman–Crippen LogP) is 3.65. The van der Waals surface area contributed by atoms with E-state index in [0.29, 0.717) is 29.0 Å². The van der Waals surface area contributed by atoms with Gasteiger partial charge < -0.3 is 11.1 Å². The van der Waals surface area contributed by atoms with Crippen LogP contribution >= 0.6 is 15.9 Å². The molecule has 0 bridgehead atoms. The van der Waals surface area contributed by atoms with Gasteiger partial charge in [-0.3, -0.25) is 0 Å². The average molecular weight is 320 g/mol. The minimum absolute atomic E-state index is 0.286. The number of nitrogen functional groups attached to an aromatic ring is 1. The molecule has 2 aromatic carbocycles. The fourth-order valence-corrected chi connectivity index (χ4v) is 2.06. The Hall–Kier alpha value is -2.06. The summed E-state index contributed by atoms with van der Waals surface area (Å²) < 4.78 is 14.4. The molecule has 0 spiro atoms. The maximum Gasteiger partial charge on any atom is 0.128 e. The second kappa shape index (κ2) is 5.72. The van der Waals surface area contributed by atoms with Gasteiger partial charge in [-0.25, -0.2) is 4.39 Å². The van der Waals surface area contributed by atoms with Crippen LogP contribution in [0.4, 0.5) is 15.8 Å². The quantitative estimate of drug-likeness (QED) is 0.849. The highest BCUT2D eigenvalue weighted by atomic mass is 79.9. The predicted molar refractivity (Wildman–Crippen MR) is 77.0 cm³/mol. The normalized spacial score (nSPS) is 9.95. The van der Waals surface area contributed by atoms with Crippen LogP contribution in [-0.4, -0.2) is 0 Å². The van der Waals surface area contributed by atoms with Crippen molar-refractivity contribution < 1.29 is 4.39 Å². The summed E-state index contributed by atoms with van der Waals surface area (Å²) in [6, 6.07) is 11.7. The molecule has 0 saturated carbocycles. The monoisotopic (exact) mass is 319 g/mol. The molecule has 0 heterocycles.